The van der Waals surface area contributed by atoms with E-state index in [1.165, 1.54) is 25.7 Å². The molecule has 0 spiro atoms. The minimum atomic E-state index is 0.0286. The number of aryl methyl sites for hydroxylation is 1. The van der Waals surface area contributed by atoms with Gasteiger partial charge in [-0.25, -0.2) is 0 Å². The van der Waals surface area contributed by atoms with Crippen LogP contribution < -0.4 is 10.2 Å². The molecule has 1 aromatic carbocycles. The number of hydrogen-bond acceptors (Lipinski definition) is 5. The van der Waals surface area contributed by atoms with E-state index in [1.807, 2.05) is 32.0 Å². The first-order chi connectivity index (χ1) is 13.1. The summed E-state index contributed by atoms with van der Waals surface area (Å²) in [5.74, 6) is 1.61. The summed E-state index contributed by atoms with van der Waals surface area (Å²) in [6.07, 6.45) is 6.76. The van der Waals surface area contributed by atoms with Crippen molar-refractivity contribution < 1.29 is 9.32 Å². The van der Waals surface area contributed by atoms with Crippen molar-refractivity contribution in [3.05, 3.63) is 36.0 Å². The van der Waals surface area contributed by atoms with Crippen molar-refractivity contribution in [2.24, 2.45) is 0 Å². The van der Waals surface area contributed by atoms with Crippen LogP contribution in [0.2, 0.25) is 0 Å². The van der Waals surface area contributed by atoms with Crippen molar-refractivity contribution in [1.29, 1.82) is 0 Å². The monoisotopic (exact) mass is 370 g/mol. The summed E-state index contributed by atoms with van der Waals surface area (Å²) in [6.45, 7) is 6.18. The summed E-state index contributed by atoms with van der Waals surface area (Å²) < 4.78 is 5.24. The van der Waals surface area contributed by atoms with Crippen LogP contribution in [-0.2, 0) is 11.2 Å². The quantitative estimate of drug-likeness (QED) is 0.775. The molecule has 2 aromatic rings. The molecule has 146 valence electrons. The molecule has 6 heteroatoms. The fourth-order valence-electron chi connectivity index (χ4n) is 3.38. The number of carbonyl (C=O) groups is 1. The minimum absolute atomic E-state index is 0.0286. The number of benzene rings is 1. The first-order valence-corrected chi connectivity index (χ1v) is 10.1. The summed E-state index contributed by atoms with van der Waals surface area (Å²) in [4.78, 5) is 19.2. The summed E-state index contributed by atoms with van der Waals surface area (Å²) in [5, 5.41) is 7.05. The van der Waals surface area contributed by atoms with Gasteiger partial charge < -0.3 is 14.7 Å². The van der Waals surface area contributed by atoms with E-state index in [2.05, 4.69) is 26.4 Å². The fraction of sp³-hybridized carbons (Fsp3) is 0.571. The molecular weight excluding hydrogens is 340 g/mol. The van der Waals surface area contributed by atoms with Gasteiger partial charge in [-0.05, 0) is 31.4 Å². The van der Waals surface area contributed by atoms with E-state index in [1.54, 1.807) is 0 Å². The Bertz CT molecular complexity index is 733. The van der Waals surface area contributed by atoms with Crippen LogP contribution in [-0.4, -0.2) is 29.1 Å². The summed E-state index contributed by atoms with van der Waals surface area (Å²) in [6, 6.07) is 8.11. The Hall–Kier alpha value is -2.37. The number of carbonyl (C=O) groups excluding carboxylic acids is 1. The number of nitrogens with zero attached hydrogens (tertiary/aromatic N) is 3. The van der Waals surface area contributed by atoms with Gasteiger partial charge in [0.15, 0.2) is 5.82 Å². The highest BCUT2D eigenvalue weighted by molar-refractivity contribution is 5.94. The lowest BCUT2D eigenvalue weighted by Gasteiger charge is -2.25. The lowest BCUT2D eigenvalue weighted by Crippen LogP contribution is -2.25. The zero-order valence-electron chi connectivity index (χ0n) is 16.4. The van der Waals surface area contributed by atoms with E-state index < -0.39 is 0 Å². The van der Waals surface area contributed by atoms with Gasteiger partial charge in [0.05, 0.1) is 11.4 Å². The summed E-state index contributed by atoms with van der Waals surface area (Å²) in [7, 11) is 0. The van der Waals surface area contributed by atoms with Gasteiger partial charge in [0.25, 0.3) is 0 Å². The third-order valence-corrected chi connectivity index (χ3v) is 4.92. The van der Waals surface area contributed by atoms with Gasteiger partial charge in [-0.2, -0.15) is 4.98 Å². The topological polar surface area (TPSA) is 71.3 Å². The van der Waals surface area contributed by atoms with Crippen molar-refractivity contribution in [3.63, 3.8) is 0 Å². The number of rotatable bonds is 7. The third kappa shape index (κ3) is 5.55. The molecule has 27 heavy (non-hydrogen) atoms. The Morgan fingerprint density at radius 1 is 1.19 bits per heavy atom. The third-order valence-electron chi connectivity index (χ3n) is 4.92. The molecule has 1 saturated heterocycles. The average molecular weight is 370 g/mol. The molecule has 0 bridgehead atoms. The molecule has 0 aliphatic carbocycles. The van der Waals surface area contributed by atoms with E-state index in [0.29, 0.717) is 25.2 Å². The van der Waals surface area contributed by atoms with Crippen LogP contribution in [0.15, 0.2) is 28.8 Å². The van der Waals surface area contributed by atoms with E-state index >= 15 is 0 Å². The van der Waals surface area contributed by atoms with Gasteiger partial charge >= 0.3 is 0 Å². The van der Waals surface area contributed by atoms with Crippen LogP contribution in [0.1, 0.15) is 70.0 Å². The van der Waals surface area contributed by atoms with Crippen LogP contribution >= 0.6 is 0 Å². The normalized spacial score (nSPS) is 15.0. The summed E-state index contributed by atoms with van der Waals surface area (Å²) in [5.41, 5.74) is 2.04. The van der Waals surface area contributed by atoms with Crippen molar-refractivity contribution in [2.45, 2.75) is 64.7 Å². The fourth-order valence-corrected chi connectivity index (χ4v) is 3.38. The van der Waals surface area contributed by atoms with Crippen LogP contribution in [0.25, 0.3) is 0 Å². The maximum atomic E-state index is 12.4. The summed E-state index contributed by atoms with van der Waals surface area (Å²) >= 11 is 0. The van der Waals surface area contributed by atoms with Crippen molar-refractivity contribution in [3.8, 4) is 0 Å². The smallest absolute Gasteiger partial charge is 0.226 e. The first-order valence-electron chi connectivity index (χ1n) is 10.1. The molecule has 2 heterocycles. The molecule has 1 amide bonds. The van der Waals surface area contributed by atoms with Gasteiger partial charge in [-0.1, -0.05) is 44.0 Å². The number of amides is 1. The van der Waals surface area contributed by atoms with Gasteiger partial charge in [-0.15, -0.1) is 0 Å². The standard InChI is InChI=1S/C21H30N4O2/c1-16(2)21-23-20(27-24-21)13-9-12-19(26)22-17-10-5-6-11-18(17)25-14-7-3-4-8-15-25/h5-6,10-11,16H,3-4,7-9,12-15H2,1-2H3,(H,22,26). The second kappa shape index (κ2) is 9.53. The number of anilines is 2. The average Bonchev–Trinajstić information content (AvgIpc) is 2.96. The van der Waals surface area contributed by atoms with Crippen LogP contribution in [0.4, 0.5) is 11.4 Å². The van der Waals surface area contributed by atoms with E-state index in [-0.39, 0.29) is 11.8 Å². The number of hydrogen-bond donors (Lipinski definition) is 1. The van der Waals surface area contributed by atoms with Crippen molar-refractivity contribution in [1.82, 2.24) is 10.1 Å². The van der Waals surface area contributed by atoms with Gasteiger partial charge in [0.1, 0.15) is 0 Å². The van der Waals surface area contributed by atoms with Gasteiger partial charge in [0.2, 0.25) is 11.8 Å². The Balaban J connectivity index is 1.53. The highest BCUT2D eigenvalue weighted by atomic mass is 16.5. The predicted octanol–water partition coefficient (Wildman–Crippen LogP) is 4.53. The molecule has 6 nitrogen and oxygen atoms in total. The second-order valence-electron chi connectivity index (χ2n) is 7.52. The molecule has 1 fully saturated rings. The molecule has 3 rings (SSSR count). The second-order valence-corrected chi connectivity index (χ2v) is 7.52. The van der Waals surface area contributed by atoms with Crippen LogP contribution in [0, 0.1) is 0 Å². The molecular formula is C21H30N4O2. The Labute approximate surface area is 161 Å². The van der Waals surface area contributed by atoms with Crippen LogP contribution in [0.5, 0.6) is 0 Å². The molecule has 0 atom stereocenters. The lowest BCUT2D eigenvalue weighted by atomic mass is 10.2. The highest BCUT2D eigenvalue weighted by Gasteiger charge is 2.15. The maximum absolute atomic E-state index is 12.4. The highest BCUT2D eigenvalue weighted by Crippen LogP contribution is 2.28. The van der Waals surface area contributed by atoms with Crippen LogP contribution in [0.3, 0.4) is 0 Å². The lowest BCUT2D eigenvalue weighted by molar-refractivity contribution is -0.116. The zero-order chi connectivity index (χ0) is 19.1. The number of para-hydroxylation sites is 2. The van der Waals surface area contributed by atoms with Crippen molar-refractivity contribution in [2.75, 3.05) is 23.3 Å². The predicted molar refractivity (Wildman–Crippen MR) is 107 cm³/mol. The van der Waals surface area contributed by atoms with Crippen molar-refractivity contribution >= 4 is 17.3 Å². The zero-order valence-corrected chi connectivity index (χ0v) is 16.4. The molecule has 1 aromatic heterocycles. The molecule has 1 N–H and O–H groups in total. The number of nitrogens with one attached hydrogen (secondary N) is 1. The number of aromatic nitrogens is 2. The molecule has 0 radical (unpaired) electrons. The first kappa shape index (κ1) is 19.4. The SMILES string of the molecule is CC(C)c1noc(CCCC(=O)Nc2ccccc2N2CCCCCC2)n1. The molecule has 1 aliphatic rings. The van der Waals surface area contributed by atoms with Gasteiger partial charge in [0, 0.05) is 31.8 Å². The largest absolute Gasteiger partial charge is 0.370 e. The maximum Gasteiger partial charge on any atom is 0.226 e. The van der Waals surface area contributed by atoms with E-state index in [0.717, 1.165) is 30.3 Å². The Morgan fingerprint density at radius 2 is 1.93 bits per heavy atom. The van der Waals surface area contributed by atoms with E-state index in [9.17, 15) is 4.79 Å². The van der Waals surface area contributed by atoms with Gasteiger partial charge in [-0.3, -0.25) is 4.79 Å². The minimum Gasteiger partial charge on any atom is -0.370 e. The Morgan fingerprint density at radius 3 is 2.63 bits per heavy atom. The molecule has 1 aliphatic heterocycles. The Kier molecular flexibility index (Phi) is 6.85. The molecule has 0 saturated carbocycles. The molecule has 0 unspecified atom stereocenters. The van der Waals surface area contributed by atoms with E-state index in [4.69, 9.17) is 4.52 Å².